The molecule has 0 radical (unpaired) electrons. The van der Waals surface area contributed by atoms with Gasteiger partial charge in [0.15, 0.2) is 0 Å². The molecular weight excluding hydrogens is 188 g/mol. The summed E-state index contributed by atoms with van der Waals surface area (Å²) in [6.45, 7) is 0. The second-order valence-corrected chi connectivity index (χ2v) is 3.20. The lowest BCUT2D eigenvalue weighted by Gasteiger charge is -2.32. The maximum atomic E-state index is 8.96. The van der Waals surface area contributed by atoms with Gasteiger partial charge in [-0.3, -0.25) is 4.90 Å². The minimum atomic E-state index is 0.561. The number of rotatable bonds is 0. The second-order valence-electron chi connectivity index (χ2n) is 3.20. The molecule has 0 fully saturated rings. The normalized spacial score (nSPS) is 20.9. The molecule has 0 saturated heterocycles. The third kappa shape index (κ3) is 1.00. The van der Waals surface area contributed by atoms with Gasteiger partial charge >= 0.3 is 0 Å². The van der Waals surface area contributed by atoms with E-state index >= 15 is 0 Å². The number of nitriles is 1. The summed E-state index contributed by atoms with van der Waals surface area (Å²) in [5.74, 6) is 0.613. The molecule has 3 rings (SSSR count). The maximum absolute atomic E-state index is 8.96. The topological polar surface area (TPSA) is 51.8 Å². The summed E-state index contributed by atoms with van der Waals surface area (Å²) < 4.78 is 0. The number of nitrogens with zero attached hydrogens (tertiary/aromatic N) is 4. The molecule has 0 aliphatic carbocycles. The highest BCUT2D eigenvalue weighted by Gasteiger charge is 2.27. The first-order valence-corrected chi connectivity index (χ1v) is 4.51. The molecular formula is C11H6N4. The lowest BCUT2D eigenvalue weighted by atomic mass is 10.1. The van der Waals surface area contributed by atoms with Crippen molar-refractivity contribution in [3.63, 3.8) is 0 Å². The molecule has 0 unspecified atom stereocenters. The Morgan fingerprint density at radius 3 is 3.13 bits per heavy atom. The van der Waals surface area contributed by atoms with Gasteiger partial charge in [-0.15, -0.1) is 0 Å². The molecule has 0 saturated carbocycles. The highest BCUT2D eigenvalue weighted by atomic mass is 15.3. The van der Waals surface area contributed by atoms with Crippen LogP contribution in [0.3, 0.4) is 0 Å². The molecule has 0 atom stereocenters. The van der Waals surface area contributed by atoms with Crippen LogP contribution in [-0.2, 0) is 0 Å². The molecule has 3 aliphatic rings. The Balaban J connectivity index is 2.24. The van der Waals surface area contributed by atoms with Crippen molar-refractivity contribution in [2.45, 2.75) is 0 Å². The van der Waals surface area contributed by atoms with Crippen LogP contribution >= 0.6 is 0 Å². The summed E-state index contributed by atoms with van der Waals surface area (Å²) >= 11 is 0. The average molecular weight is 194 g/mol. The molecule has 4 heteroatoms. The predicted octanol–water partition coefficient (Wildman–Crippen LogP) is 1.49. The molecule has 0 aromatic carbocycles. The summed E-state index contributed by atoms with van der Waals surface area (Å²) in [6.07, 6.45) is 10.9. The molecule has 3 heterocycles. The van der Waals surface area contributed by atoms with Gasteiger partial charge in [0.1, 0.15) is 6.07 Å². The van der Waals surface area contributed by atoms with Gasteiger partial charge < -0.3 is 0 Å². The van der Waals surface area contributed by atoms with Gasteiger partial charge in [-0.1, -0.05) is 6.08 Å². The molecule has 0 spiro atoms. The Hall–Kier alpha value is -2.41. The van der Waals surface area contributed by atoms with Crippen LogP contribution in [0, 0.1) is 11.3 Å². The first-order valence-electron chi connectivity index (χ1n) is 4.51. The van der Waals surface area contributed by atoms with E-state index in [9.17, 15) is 0 Å². The van der Waals surface area contributed by atoms with Gasteiger partial charge in [0, 0.05) is 6.21 Å². The minimum absolute atomic E-state index is 0.561. The van der Waals surface area contributed by atoms with Crippen molar-refractivity contribution in [2.75, 3.05) is 0 Å². The third-order valence-corrected chi connectivity index (χ3v) is 2.36. The van der Waals surface area contributed by atoms with Crippen LogP contribution in [0.25, 0.3) is 0 Å². The molecule has 15 heavy (non-hydrogen) atoms. The van der Waals surface area contributed by atoms with Crippen molar-refractivity contribution in [3.8, 4) is 6.07 Å². The van der Waals surface area contributed by atoms with Gasteiger partial charge in [0.05, 0.1) is 23.2 Å². The van der Waals surface area contributed by atoms with Crippen LogP contribution in [0.4, 0.5) is 0 Å². The van der Waals surface area contributed by atoms with Crippen LogP contribution in [0.2, 0.25) is 0 Å². The van der Waals surface area contributed by atoms with E-state index in [0.717, 1.165) is 11.4 Å². The second kappa shape index (κ2) is 2.79. The Labute approximate surface area is 86.6 Å². The van der Waals surface area contributed by atoms with Crippen LogP contribution in [0.5, 0.6) is 0 Å². The number of hydrogen-bond donors (Lipinski definition) is 0. The van der Waals surface area contributed by atoms with Crippen molar-refractivity contribution in [2.24, 2.45) is 9.98 Å². The van der Waals surface area contributed by atoms with Crippen molar-refractivity contribution < 1.29 is 0 Å². The lowest BCUT2D eigenvalue weighted by molar-refractivity contribution is 0.639. The molecule has 70 valence electrons. The summed E-state index contributed by atoms with van der Waals surface area (Å²) in [6, 6.07) is 2.12. The van der Waals surface area contributed by atoms with E-state index in [1.807, 2.05) is 29.2 Å². The highest BCUT2D eigenvalue weighted by Crippen LogP contribution is 2.29. The van der Waals surface area contributed by atoms with E-state index in [4.69, 9.17) is 5.26 Å². The van der Waals surface area contributed by atoms with E-state index in [2.05, 4.69) is 16.1 Å². The molecule has 4 nitrogen and oxygen atoms in total. The Morgan fingerprint density at radius 2 is 2.27 bits per heavy atom. The van der Waals surface area contributed by atoms with Gasteiger partial charge in [-0.25, -0.2) is 9.98 Å². The fraction of sp³-hybridized carbons (Fsp3) is 0. The number of aliphatic imine (C=N–C) groups is 2. The molecule has 0 aromatic rings. The van der Waals surface area contributed by atoms with Gasteiger partial charge in [-0.2, -0.15) is 5.26 Å². The zero-order valence-corrected chi connectivity index (χ0v) is 7.75. The van der Waals surface area contributed by atoms with Crippen LogP contribution in [0.15, 0.2) is 57.5 Å². The Kier molecular flexibility index (Phi) is 1.48. The highest BCUT2D eigenvalue weighted by molar-refractivity contribution is 5.99. The van der Waals surface area contributed by atoms with E-state index in [1.54, 1.807) is 12.4 Å². The fourth-order valence-electron chi connectivity index (χ4n) is 1.69. The predicted molar refractivity (Wildman–Crippen MR) is 56.8 cm³/mol. The van der Waals surface area contributed by atoms with Gasteiger partial charge in [-0.05, 0) is 18.2 Å². The van der Waals surface area contributed by atoms with Crippen LogP contribution in [-0.4, -0.2) is 17.1 Å². The Bertz CT molecular complexity index is 550. The van der Waals surface area contributed by atoms with Gasteiger partial charge in [0.25, 0.3) is 0 Å². The molecule has 0 amide bonds. The lowest BCUT2D eigenvalue weighted by Crippen LogP contribution is -2.33. The molecule has 0 aromatic heterocycles. The summed E-state index contributed by atoms with van der Waals surface area (Å²) in [5, 5.41) is 8.96. The smallest absolute Gasteiger partial charge is 0.234 e. The van der Waals surface area contributed by atoms with Crippen molar-refractivity contribution in [1.82, 2.24) is 4.90 Å². The van der Waals surface area contributed by atoms with Crippen molar-refractivity contribution >= 4 is 12.2 Å². The first kappa shape index (κ1) is 7.94. The number of guanidine groups is 1. The molecule has 0 N–H and O–H groups in total. The molecule has 3 aliphatic heterocycles. The van der Waals surface area contributed by atoms with Crippen molar-refractivity contribution in [3.05, 3.63) is 47.5 Å². The van der Waals surface area contributed by atoms with Gasteiger partial charge in [0.2, 0.25) is 5.96 Å². The third-order valence-electron chi connectivity index (χ3n) is 2.36. The standard InChI is InChI=1S/C11H6N4/c12-6-8-7-14-11-13-5-4-9-2-1-3-10(8)15(9)11/h1-5,7H. The largest absolute Gasteiger partial charge is 0.278 e. The monoisotopic (exact) mass is 194 g/mol. The quantitative estimate of drug-likeness (QED) is 0.586. The number of hydrogen-bond acceptors (Lipinski definition) is 4. The fourth-order valence-corrected chi connectivity index (χ4v) is 1.69. The zero-order valence-electron chi connectivity index (χ0n) is 7.75. The average Bonchev–Trinajstić information content (AvgIpc) is 2.30. The van der Waals surface area contributed by atoms with E-state index in [1.165, 1.54) is 0 Å². The SMILES string of the molecule is N#CC1=CN=C2N=CC=C3C=CC=C1N32. The summed E-state index contributed by atoms with van der Waals surface area (Å²) in [4.78, 5) is 10.2. The van der Waals surface area contributed by atoms with E-state index < -0.39 is 0 Å². The minimum Gasteiger partial charge on any atom is -0.278 e. The first-order chi connectivity index (χ1) is 7.40. The number of allylic oxidation sites excluding steroid dienone is 5. The summed E-state index contributed by atoms with van der Waals surface area (Å²) in [5.41, 5.74) is 2.39. The molecule has 0 bridgehead atoms. The van der Waals surface area contributed by atoms with E-state index in [0.29, 0.717) is 11.5 Å². The summed E-state index contributed by atoms with van der Waals surface area (Å²) in [7, 11) is 0. The Morgan fingerprint density at radius 1 is 1.33 bits per heavy atom. The zero-order chi connectivity index (χ0) is 10.3. The maximum Gasteiger partial charge on any atom is 0.234 e. The van der Waals surface area contributed by atoms with E-state index in [-0.39, 0.29) is 0 Å². The van der Waals surface area contributed by atoms with Crippen LogP contribution < -0.4 is 0 Å². The van der Waals surface area contributed by atoms with Crippen molar-refractivity contribution in [1.29, 1.82) is 5.26 Å². The van der Waals surface area contributed by atoms with Crippen LogP contribution in [0.1, 0.15) is 0 Å².